The van der Waals surface area contributed by atoms with Gasteiger partial charge in [-0.3, -0.25) is 4.79 Å². The van der Waals surface area contributed by atoms with Gasteiger partial charge in [-0.05, 0) is 49.2 Å². The standard InChI is InChI=1S/C20H21F3O3/c1-13(2)26-19-12-15(6-9-18(19)25-3)11-17(24)10-14-4-7-16(8-5-14)20(21,22)23/h4-9,12-13H,10-11H2,1-3H3. The highest BCUT2D eigenvalue weighted by molar-refractivity contribution is 5.83. The molecule has 0 heterocycles. The second-order valence-electron chi connectivity index (χ2n) is 6.24. The maximum Gasteiger partial charge on any atom is 0.416 e. The zero-order valence-corrected chi connectivity index (χ0v) is 14.9. The van der Waals surface area contributed by atoms with Crippen molar-refractivity contribution in [1.82, 2.24) is 0 Å². The van der Waals surface area contributed by atoms with Crippen LogP contribution in [0, 0.1) is 0 Å². The molecule has 0 saturated carbocycles. The van der Waals surface area contributed by atoms with E-state index in [4.69, 9.17) is 9.47 Å². The number of carbonyl (C=O) groups is 1. The van der Waals surface area contributed by atoms with Crippen molar-refractivity contribution in [3.8, 4) is 11.5 Å². The Hall–Kier alpha value is -2.50. The normalized spacial score (nSPS) is 11.5. The molecule has 0 unspecified atom stereocenters. The second-order valence-corrected chi connectivity index (χ2v) is 6.24. The summed E-state index contributed by atoms with van der Waals surface area (Å²) in [7, 11) is 1.54. The minimum atomic E-state index is -4.38. The predicted molar refractivity (Wildman–Crippen MR) is 92.6 cm³/mol. The van der Waals surface area contributed by atoms with E-state index in [0.29, 0.717) is 17.1 Å². The van der Waals surface area contributed by atoms with Crippen LogP contribution in [0.3, 0.4) is 0 Å². The lowest BCUT2D eigenvalue weighted by Gasteiger charge is -2.14. The summed E-state index contributed by atoms with van der Waals surface area (Å²) in [6, 6.07) is 9.91. The van der Waals surface area contributed by atoms with E-state index in [2.05, 4.69) is 0 Å². The highest BCUT2D eigenvalue weighted by atomic mass is 19.4. The Kier molecular flexibility index (Phi) is 6.29. The minimum Gasteiger partial charge on any atom is -0.493 e. The number of methoxy groups -OCH3 is 1. The van der Waals surface area contributed by atoms with Crippen LogP contribution in [0.4, 0.5) is 13.2 Å². The van der Waals surface area contributed by atoms with Crippen LogP contribution in [-0.4, -0.2) is 19.0 Å². The third-order valence-electron chi connectivity index (χ3n) is 3.67. The van der Waals surface area contributed by atoms with Gasteiger partial charge in [-0.15, -0.1) is 0 Å². The van der Waals surface area contributed by atoms with Crippen LogP contribution in [0.25, 0.3) is 0 Å². The van der Waals surface area contributed by atoms with Crippen LogP contribution in [-0.2, 0) is 23.8 Å². The van der Waals surface area contributed by atoms with Crippen LogP contribution < -0.4 is 9.47 Å². The average molecular weight is 366 g/mol. The van der Waals surface area contributed by atoms with E-state index in [0.717, 1.165) is 17.7 Å². The van der Waals surface area contributed by atoms with Gasteiger partial charge in [0.2, 0.25) is 0 Å². The molecule has 0 atom stereocenters. The van der Waals surface area contributed by atoms with Gasteiger partial charge in [0.1, 0.15) is 5.78 Å². The van der Waals surface area contributed by atoms with Crippen LogP contribution in [0.5, 0.6) is 11.5 Å². The molecule has 140 valence electrons. The Labute approximate surface area is 150 Å². The molecule has 2 aromatic rings. The number of Topliss-reactive ketones (excluding diaryl/α,β-unsaturated/α-hetero) is 1. The summed E-state index contributed by atoms with van der Waals surface area (Å²) in [6.45, 7) is 3.78. The molecule has 0 bridgehead atoms. The van der Waals surface area contributed by atoms with E-state index in [-0.39, 0.29) is 24.7 Å². The molecule has 2 aromatic carbocycles. The second kappa shape index (κ2) is 8.25. The first-order chi connectivity index (χ1) is 12.2. The first kappa shape index (κ1) is 19.8. The minimum absolute atomic E-state index is 0.0398. The van der Waals surface area contributed by atoms with Gasteiger partial charge in [-0.2, -0.15) is 13.2 Å². The molecule has 0 aliphatic heterocycles. The van der Waals surface area contributed by atoms with Crippen LogP contribution in [0.1, 0.15) is 30.5 Å². The van der Waals surface area contributed by atoms with Crippen molar-refractivity contribution in [1.29, 1.82) is 0 Å². The third-order valence-corrected chi connectivity index (χ3v) is 3.67. The number of halogens is 3. The molecule has 0 aromatic heterocycles. The highest BCUT2D eigenvalue weighted by Crippen LogP contribution is 2.30. The van der Waals surface area contributed by atoms with Gasteiger partial charge in [0, 0.05) is 12.8 Å². The topological polar surface area (TPSA) is 35.5 Å². The van der Waals surface area contributed by atoms with Crippen LogP contribution >= 0.6 is 0 Å². The SMILES string of the molecule is COc1ccc(CC(=O)Cc2ccc(C(F)(F)F)cc2)cc1OC(C)C. The molecule has 0 aliphatic carbocycles. The van der Waals surface area contributed by atoms with Gasteiger partial charge in [-0.1, -0.05) is 18.2 Å². The number of ketones is 1. The van der Waals surface area contributed by atoms with Gasteiger partial charge >= 0.3 is 6.18 Å². The van der Waals surface area contributed by atoms with Crippen molar-refractivity contribution in [2.45, 2.75) is 39.0 Å². The third kappa shape index (κ3) is 5.51. The van der Waals surface area contributed by atoms with E-state index in [1.54, 1.807) is 18.2 Å². The zero-order chi connectivity index (χ0) is 19.3. The largest absolute Gasteiger partial charge is 0.493 e. The van der Waals surface area contributed by atoms with Gasteiger partial charge in [0.05, 0.1) is 18.8 Å². The van der Waals surface area contributed by atoms with E-state index < -0.39 is 11.7 Å². The number of alkyl halides is 3. The number of hydrogen-bond donors (Lipinski definition) is 0. The molecule has 0 aliphatic rings. The Morgan fingerprint density at radius 2 is 1.54 bits per heavy atom. The fourth-order valence-corrected chi connectivity index (χ4v) is 2.51. The molecule has 3 nitrogen and oxygen atoms in total. The van der Waals surface area contributed by atoms with E-state index in [9.17, 15) is 18.0 Å². The first-order valence-corrected chi connectivity index (χ1v) is 8.20. The smallest absolute Gasteiger partial charge is 0.416 e. The molecule has 0 N–H and O–H groups in total. The van der Waals surface area contributed by atoms with E-state index in [1.807, 2.05) is 13.8 Å². The molecule has 2 rings (SSSR count). The summed E-state index contributed by atoms with van der Waals surface area (Å²) in [4.78, 5) is 12.3. The van der Waals surface area contributed by atoms with Crippen molar-refractivity contribution in [3.05, 3.63) is 59.2 Å². The lowest BCUT2D eigenvalue weighted by Crippen LogP contribution is -2.10. The number of hydrogen-bond acceptors (Lipinski definition) is 3. The molecular formula is C20H21F3O3. The van der Waals surface area contributed by atoms with Gasteiger partial charge < -0.3 is 9.47 Å². The number of carbonyl (C=O) groups excluding carboxylic acids is 1. The van der Waals surface area contributed by atoms with Crippen molar-refractivity contribution >= 4 is 5.78 Å². The predicted octanol–water partition coefficient (Wildman–Crippen LogP) is 4.86. The molecule has 0 spiro atoms. The fraction of sp³-hybridized carbons (Fsp3) is 0.350. The number of benzene rings is 2. The summed E-state index contributed by atoms with van der Waals surface area (Å²) in [5, 5.41) is 0. The summed E-state index contributed by atoms with van der Waals surface area (Å²) < 4.78 is 48.6. The number of rotatable bonds is 7. The van der Waals surface area contributed by atoms with Gasteiger partial charge in [0.15, 0.2) is 11.5 Å². The highest BCUT2D eigenvalue weighted by Gasteiger charge is 2.29. The van der Waals surface area contributed by atoms with Crippen LogP contribution in [0.2, 0.25) is 0 Å². The zero-order valence-electron chi connectivity index (χ0n) is 14.9. The lowest BCUT2D eigenvalue weighted by atomic mass is 10.0. The Bertz CT molecular complexity index is 750. The van der Waals surface area contributed by atoms with Crippen molar-refractivity contribution in [3.63, 3.8) is 0 Å². The van der Waals surface area contributed by atoms with Crippen molar-refractivity contribution in [2.75, 3.05) is 7.11 Å². The summed E-state index contributed by atoms with van der Waals surface area (Å²) in [5.41, 5.74) is 0.591. The molecule has 0 fully saturated rings. The molecule has 0 saturated heterocycles. The van der Waals surface area contributed by atoms with E-state index in [1.165, 1.54) is 19.2 Å². The van der Waals surface area contributed by atoms with Crippen molar-refractivity contribution in [2.24, 2.45) is 0 Å². The summed E-state index contributed by atoms with van der Waals surface area (Å²) in [6.07, 6.45) is -4.18. The molecule has 0 amide bonds. The Balaban J connectivity index is 2.05. The van der Waals surface area contributed by atoms with Crippen LogP contribution in [0.15, 0.2) is 42.5 Å². The van der Waals surface area contributed by atoms with Crippen molar-refractivity contribution < 1.29 is 27.4 Å². The average Bonchev–Trinajstić information content (AvgIpc) is 2.54. The monoisotopic (exact) mass is 366 g/mol. The molecular weight excluding hydrogens is 345 g/mol. The maximum atomic E-state index is 12.6. The first-order valence-electron chi connectivity index (χ1n) is 8.20. The van der Waals surface area contributed by atoms with E-state index >= 15 is 0 Å². The van der Waals surface area contributed by atoms with Gasteiger partial charge in [-0.25, -0.2) is 0 Å². The fourth-order valence-electron chi connectivity index (χ4n) is 2.51. The van der Waals surface area contributed by atoms with Gasteiger partial charge in [0.25, 0.3) is 0 Å². The molecule has 0 radical (unpaired) electrons. The maximum absolute atomic E-state index is 12.6. The summed E-state index contributed by atoms with van der Waals surface area (Å²) in [5.74, 6) is 1.05. The Morgan fingerprint density at radius 1 is 0.962 bits per heavy atom. The lowest BCUT2D eigenvalue weighted by molar-refractivity contribution is -0.137. The molecule has 26 heavy (non-hydrogen) atoms. The quantitative estimate of drug-likeness (QED) is 0.702. The Morgan fingerprint density at radius 3 is 2.08 bits per heavy atom. The summed E-state index contributed by atoms with van der Waals surface area (Å²) >= 11 is 0. The molecule has 6 heteroatoms. The number of ether oxygens (including phenoxy) is 2.